The van der Waals surface area contributed by atoms with Crippen LogP contribution < -0.4 is 5.32 Å². The largest absolute Gasteiger partial charge is 0.464 e. The third-order valence-electron chi connectivity index (χ3n) is 3.50. The molecule has 1 saturated carbocycles. The lowest BCUT2D eigenvalue weighted by atomic mass is 10.2. The van der Waals surface area contributed by atoms with E-state index in [1.165, 1.54) is 0 Å². The van der Waals surface area contributed by atoms with E-state index in [4.69, 9.17) is 18.9 Å². The monoisotopic (exact) mass is 273 g/mol. The van der Waals surface area contributed by atoms with Crippen LogP contribution in [0.4, 0.5) is 0 Å². The Bertz CT molecular complexity index is 333. The topological polar surface area (TPSA) is 66.0 Å². The van der Waals surface area contributed by atoms with Gasteiger partial charge in [-0.3, -0.25) is 0 Å². The Kier molecular flexibility index (Phi) is 4.45. The lowest BCUT2D eigenvalue weighted by Gasteiger charge is -2.23. The maximum atomic E-state index is 11.3. The van der Waals surface area contributed by atoms with Crippen molar-refractivity contribution >= 4 is 5.97 Å². The van der Waals surface area contributed by atoms with Gasteiger partial charge in [-0.15, -0.1) is 0 Å². The molecule has 2 rings (SSSR count). The van der Waals surface area contributed by atoms with Crippen LogP contribution in [0.5, 0.6) is 0 Å². The first-order valence-corrected chi connectivity index (χ1v) is 6.77. The highest BCUT2D eigenvalue weighted by molar-refractivity contribution is 5.70. The molecular formula is C13H23NO5. The molecule has 1 N–H and O–H groups in total. The van der Waals surface area contributed by atoms with Gasteiger partial charge in [-0.2, -0.15) is 0 Å². The average Bonchev–Trinajstić information content (AvgIpc) is 2.80. The first-order valence-electron chi connectivity index (χ1n) is 6.77. The fourth-order valence-corrected chi connectivity index (χ4v) is 2.76. The minimum absolute atomic E-state index is 0.0350. The van der Waals surface area contributed by atoms with Gasteiger partial charge < -0.3 is 24.3 Å². The normalized spacial score (nSPS) is 36.2. The highest BCUT2D eigenvalue weighted by atomic mass is 16.8. The van der Waals surface area contributed by atoms with Crippen molar-refractivity contribution in [2.24, 2.45) is 0 Å². The molecule has 0 aromatic rings. The van der Waals surface area contributed by atoms with E-state index in [-0.39, 0.29) is 36.9 Å². The molecule has 0 amide bonds. The molecule has 2 aliphatic rings. The third kappa shape index (κ3) is 3.25. The van der Waals surface area contributed by atoms with Crippen molar-refractivity contribution < 1.29 is 23.7 Å². The molecule has 1 unspecified atom stereocenters. The molecule has 2 fully saturated rings. The molecule has 0 radical (unpaired) electrons. The van der Waals surface area contributed by atoms with Gasteiger partial charge in [0.25, 0.3) is 0 Å². The Labute approximate surface area is 113 Å². The minimum Gasteiger partial charge on any atom is -0.464 e. The number of carbonyl (C=O) groups excluding carboxylic acids is 1. The predicted octanol–water partition coefficient (Wildman–Crippen LogP) is 0.447. The van der Waals surface area contributed by atoms with E-state index in [1.54, 1.807) is 6.92 Å². The van der Waals surface area contributed by atoms with Gasteiger partial charge >= 0.3 is 5.97 Å². The summed E-state index contributed by atoms with van der Waals surface area (Å²) in [5.41, 5.74) is 0. The molecule has 0 bridgehead atoms. The maximum Gasteiger partial charge on any atom is 0.332 e. The summed E-state index contributed by atoms with van der Waals surface area (Å²) in [6, 6.07) is 0.180. The number of hydrogen-bond acceptors (Lipinski definition) is 6. The first kappa shape index (κ1) is 14.7. The summed E-state index contributed by atoms with van der Waals surface area (Å²) >= 11 is 0. The van der Waals surface area contributed by atoms with Crippen molar-refractivity contribution in [1.29, 1.82) is 0 Å². The zero-order valence-corrected chi connectivity index (χ0v) is 12.0. The molecule has 110 valence electrons. The smallest absolute Gasteiger partial charge is 0.332 e. The molecule has 1 aliphatic heterocycles. The number of nitrogens with one attached hydrogen (secondary N) is 1. The number of fused-ring (bicyclic) bond motifs is 1. The summed E-state index contributed by atoms with van der Waals surface area (Å²) in [5.74, 6) is -0.943. The van der Waals surface area contributed by atoms with Crippen LogP contribution in [-0.2, 0) is 23.7 Å². The number of carbonyl (C=O) groups is 1. The van der Waals surface area contributed by atoms with Gasteiger partial charge in [0.15, 0.2) is 5.79 Å². The van der Waals surface area contributed by atoms with Crippen LogP contribution >= 0.6 is 0 Å². The van der Waals surface area contributed by atoms with Gasteiger partial charge in [0.1, 0.15) is 18.8 Å². The number of esters is 1. The van der Waals surface area contributed by atoms with Crippen LogP contribution in [0.1, 0.15) is 27.2 Å². The number of hydrogen-bond donors (Lipinski definition) is 1. The molecule has 6 heteroatoms. The zero-order valence-electron chi connectivity index (χ0n) is 12.0. The van der Waals surface area contributed by atoms with Crippen LogP contribution in [0.15, 0.2) is 0 Å². The zero-order chi connectivity index (χ0) is 14.0. The van der Waals surface area contributed by atoms with Gasteiger partial charge in [-0.05, 0) is 34.2 Å². The summed E-state index contributed by atoms with van der Waals surface area (Å²) < 4.78 is 22.2. The minimum atomic E-state index is -0.601. The molecule has 1 aliphatic carbocycles. The Morgan fingerprint density at radius 3 is 2.68 bits per heavy atom. The molecule has 0 aromatic heterocycles. The fraction of sp³-hybridized carbons (Fsp3) is 0.923. The standard InChI is InChI=1S/C13H23NO5/c1-5-16-10(15)7-17-9-6-8(14-4)11-12(9)19-13(2,3)18-11/h8-9,11-12,14H,5-7H2,1-4H3/t8-,9+,11+,12?/m1/s1. The van der Waals surface area contributed by atoms with Crippen molar-refractivity contribution in [3.63, 3.8) is 0 Å². The number of rotatable bonds is 5. The fourth-order valence-electron chi connectivity index (χ4n) is 2.76. The van der Waals surface area contributed by atoms with E-state index in [9.17, 15) is 4.79 Å². The Morgan fingerprint density at radius 1 is 1.37 bits per heavy atom. The van der Waals surface area contributed by atoms with Gasteiger partial charge in [0, 0.05) is 6.04 Å². The highest BCUT2D eigenvalue weighted by Crippen LogP contribution is 2.39. The van der Waals surface area contributed by atoms with E-state index in [0.29, 0.717) is 6.61 Å². The van der Waals surface area contributed by atoms with Gasteiger partial charge in [0.05, 0.1) is 12.7 Å². The SMILES string of the molecule is CCOC(=O)CO[C@H]1C[C@@H](NC)[C@@H]2OC(C)(C)OC12. The molecule has 1 heterocycles. The summed E-state index contributed by atoms with van der Waals surface area (Å²) in [7, 11) is 1.89. The molecular weight excluding hydrogens is 250 g/mol. The lowest BCUT2D eigenvalue weighted by molar-refractivity contribution is -0.172. The second-order valence-electron chi connectivity index (χ2n) is 5.35. The molecule has 0 spiro atoms. The van der Waals surface area contributed by atoms with Gasteiger partial charge in [-0.1, -0.05) is 0 Å². The number of likely N-dealkylation sites (N-methyl/N-ethyl adjacent to an activating group) is 1. The predicted molar refractivity (Wildman–Crippen MR) is 67.7 cm³/mol. The molecule has 6 nitrogen and oxygen atoms in total. The van der Waals surface area contributed by atoms with E-state index in [2.05, 4.69) is 5.32 Å². The maximum absolute atomic E-state index is 11.3. The van der Waals surface area contributed by atoms with Crippen molar-refractivity contribution in [2.45, 2.75) is 57.3 Å². The lowest BCUT2D eigenvalue weighted by Crippen LogP contribution is -2.37. The molecule has 1 saturated heterocycles. The van der Waals surface area contributed by atoms with Crippen molar-refractivity contribution in [1.82, 2.24) is 5.32 Å². The van der Waals surface area contributed by atoms with Crippen LogP contribution in [0.25, 0.3) is 0 Å². The van der Waals surface area contributed by atoms with E-state index < -0.39 is 5.79 Å². The van der Waals surface area contributed by atoms with Crippen molar-refractivity contribution in [2.75, 3.05) is 20.3 Å². The van der Waals surface area contributed by atoms with Crippen LogP contribution in [0, 0.1) is 0 Å². The van der Waals surface area contributed by atoms with Crippen molar-refractivity contribution in [3.8, 4) is 0 Å². The summed E-state index contributed by atoms with van der Waals surface area (Å²) in [6.07, 6.45) is 0.448. The summed E-state index contributed by atoms with van der Waals surface area (Å²) in [4.78, 5) is 11.3. The van der Waals surface area contributed by atoms with Crippen LogP contribution in [0.3, 0.4) is 0 Å². The molecule has 19 heavy (non-hydrogen) atoms. The average molecular weight is 273 g/mol. The first-order chi connectivity index (χ1) is 8.96. The molecule has 0 aromatic carbocycles. The van der Waals surface area contributed by atoms with Crippen molar-refractivity contribution in [3.05, 3.63) is 0 Å². The van der Waals surface area contributed by atoms with Crippen LogP contribution in [0.2, 0.25) is 0 Å². The summed E-state index contributed by atoms with van der Waals surface area (Å²) in [6.45, 7) is 5.88. The quantitative estimate of drug-likeness (QED) is 0.734. The number of ether oxygens (including phenoxy) is 4. The van der Waals surface area contributed by atoms with E-state index >= 15 is 0 Å². The van der Waals surface area contributed by atoms with Gasteiger partial charge in [0.2, 0.25) is 0 Å². The Balaban J connectivity index is 1.93. The third-order valence-corrected chi connectivity index (χ3v) is 3.50. The van der Waals surface area contributed by atoms with E-state index in [1.807, 2.05) is 20.9 Å². The summed E-state index contributed by atoms with van der Waals surface area (Å²) in [5, 5.41) is 3.21. The second-order valence-corrected chi connectivity index (χ2v) is 5.35. The van der Waals surface area contributed by atoms with E-state index in [0.717, 1.165) is 6.42 Å². The Hall–Kier alpha value is -0.690. The second kappa shape index (κ2) is 5.75. The van der Waals surface area contributed by atoms with Crippen LogP contribution in [-0.4, -0.2) is 56.4 Å². The Morgan fingerprint density at radius 2 is 2.05 bits per heavy atom. The van der Waals surface area contributed by atoms with Gasteiger partial charge in [-0.25, -0.2) is 4.79 Å². The highest BCUT2D eigenvalue weighted by Gasteiger charge is 2.54. The molecule has 4 atom stereocenters.